The van der Waals surface area contributed by atoms with Crippen molar-refractivity contribution < 1.29 is 42.9 Å². The first-order chi connectivity index (χ1) is 10.3. The predicted octanol–water partition coefficient (Wildman–Crippen LogP) is -0.647. The normalized spacial score (nSPS) is 27.5. The Morgan fingerprint density at radius 1 is 0.864 bits per heavy atom. The molecule has 0 amide bonds. The van der Waals surface area contributed by atoms with E-state index in [0.29, 0.717) is 0 Å². The average molecular weight is 318 g/mol. The van der Waals surface area contributed by atoms with Crippen molar-refractivity contribution in [2.75, 3.05) is 13.7 Å². The third-order valence-electron chi connectivity index (χ3n) is 2.78. The molecule has 0 N–H and O–H groups in total. The number of esters is 4. The minimum Gasteiger partial charge on any atom is -0.467 e. The maximum Gasteiger partial charge on any atom is 0.339 e. The van der Waals surface area contributed by atoms with Crippen LogP contribution in [0.5, 0.6) is 0 Å². The Labute approximate surface area is 126 Å². The molecule has 22 heavy (non-hydrogen) atoms. The fourth-order valence-electron chi connectivity index (χ4n) is 2.06. The second-order valence-electron chi connectivity index (χ2n) is 4.57. The van der Waals surface area contributed by atoms with Gasteiger partial charge in [-0.1, -0.05) is 0 Å². The standard InChI is InChI=1S/C13H18O9/c1-6(14)20-9-5-19-12(13(17)18-4)11(22-8(3)16)10(9)21-7(2)15/h9-12H,5H2,1-4H3/t9-,10-,11-,12+/m1/s1. The zero-order valence-corrected chi connectivity index (χ0v) is 12.7. The summed E-state index contributed by atoms with van der Waals surface area (Å²) in [7, 11) is 1.13. The number of hydrogen-bond acceptors (Lipinski definition) is 9. The summed E-state index contributed by atoms with van der Waals surface area (Å²) in [5, 5.41) is 0. The fraction of sp³-hybridized carbons (Fsp3) is 0.692. The van der Waals surface area contributed by atoms with Crippen molar-refractivity contribution in [1.29, 1.82) is 0 Å². The summed E-state index contributed by atoms with van der Waals surface area (Å²) in [5.41, 5.74) is 0. The molecule has 0 radical (unpaired) electrons. The van der Waals surface area contributed by atoms with Gasteiger partial charge < -0.3 is 23.7 Å². The van der Waals surface area contributed by atoms with E-state index in [1.54, 1.807) is 0 Å². The molecule has 0 aliphatic carbocycles. The minimum atomic E-state index is -1.29. The first kappa shape index (κ1) is 17.9. The second-order valence-corrected chi connectivity index (χ2v) is 4.57. The van der Waals surface area contributed by atoms with Crippen molar-refractivity contribution in [3.8, 4) is 0 Å². The van der Waals surface area contributed by atoms with E-state index in [-0.39, 0.29) is 6.61 Å². The molecular weight excluding hydrogens is 300 g/mol. The highest BCUT2D eigenvalue weighted by Gasteiger charge is 2.50. The van der Waals surface area contributed by atoms with Gasteiger partial charge in [0.1, 0.15) is 0 Å². The van der Waals surface area contributed by atoms with Gasteiger partial charge in [0.15, 0.2) is 24.4 Å². The van der Waals surface area contributed by atoms with Crippen LogP contribution in [0.2, 0.25) is 0 Å². The van der Waals surface area contributed by atoms with Crippen molar-refractivity contribution in [2.24, 2.45) is 0 Å². The van der Waals surface area contributed by atoms with Crippen LogP contribution < -0.4 is 0 Å². The molecule has 1 fully saturated rings. The van der Waals surface area contributed by atoms with Crippen LogP contribution in [-0.4, -0.2) is 62.0 Å². The van der Waals surface area contributed by atoms with Crippen LogP contribution in [-0.2, 0) is 42.9 Å². The van der Waals surface area contributed by atoms with Gasteiger partial charge in [0, 0.05) is 20.8 Å². The molecular formula is C13H18O9. The number of ether oxygens (including phenoxy) is 5. The van der Waals surface area contributed by atoms with E-state index in [0.717, 1.165) is 27.9 Å². The predicted molar refractivity (Wildman–Crippen MR) is 68.4 cm³/mol. The Bertz CT molecular complexity index is 458. The van der Waals surface area contributed by atoms with Crippen LogP contribution in [0.15, 0.2) is 0 Å². The molecule has 1 aliphatic rings. The van der Waals surface area contributed by atoms with Gasteiger partial charge in [-0.2, -0.15) is 0 Å². The van der Waals surface area contributed by atoms with E-state index >= 15 is 0 Å². The third kappa shape index (κ3) is 4.69. The smallest absolute Gasteiger partial charge is 0.339 e. The Kier molecular flexibility index (Phi) is 6.29. The van der Waals surface area contributed by atoms with E-state index in [1.165, 1.54) is 0 Å². The van der Waals surface area contributed by atoms with Gasteiger partial charge in [-0.05, 0) is 0 Å². The highest BCUT2D eigenvalue weighted by Crippen LogP contribution is 2.25. The van der Waals surface area contributed by atoms with Crippen molar-refractivity contribution in [3.05, 3.63) is 0 Å². The quantitative estimate of drug-likeness (QED) is 0.492. The number of hydrogen-bond donors (Lipinski definition) is 0. The van der Waals surface area contributed by atoms with E-state index in [1.807, 2.05) is 0 Å². The molecule has 0 bridgehead atoms. The molecule has 0 saturated carbocycles. The van der Waals surface area contributed by atoms with Crippen molar-refractivity contribution >= 4 is 23.9 Å². The number of rotatable bonds is 4. The van der Waals surface area contributed by atoms with Crippen LogP contribution >= 0.6 is 0 Å². The molecule has 1 rings (SSSR count). The van der Waals surface area contributed by atoms with Gasteiger partial charge in [-0.3, -0.25) is 14.4 Å². The molecule has 0 aromatic carbocycles. The summed E-state index contributed by atoms with van der Waals surface area (Å²) in [6.07, 6.45) is -4.76. The maximum atomic E-state index is 11.7. The van der Waals surface area contributed by atoms with E-state index in [9.17, 15) is 19.2 Å². The molecule has 1 saturated heterocycles. The number of carbonyl (C=O) groups excluding carboxylic acids is 4. The van der Waals surface area contributed by atoms with Gasteiger partial charge in [0.25, 0.3) is 0 Å². The lowest BCUT2D eigenvalue weighted by atomic mass is 9.99. The Morgan fingerprint density at radius 3 is 1.82 bits per heavy atom. The lowest BCUT2D eigenvalue weighted by Crippen LogP contribution is -2.59. The monoisotopic (exact) mass is 318 g/mol. The maximum absolute atomic E-state index is 11.7. The second kappa shape index (κ2) is 7.74. The average Bonchev–Trinajstić information content (AvgIpc) is 2.40. The SMILES string of the molecule is COC(=O)[C@H]1OC[C@@H](OC(C)=O)[C@@H](OC(C)=O)[C@H]1OC(C)=O. The van der Waals surface area contributed by atoms with Gasteiger partial charge in [0.05, 0.1) is 13.7 Å². The van der Waals surface area contributed by atoms with Crippen molar-refractivity contribution in [3.63, 3.8) is 0 Å². The van der Waals surface area contributed by atoms with Crippen molar-refractivity contribution in [2.45, 2.75) is 45.2 Å². The Balaban J connectivity index is 3.09. The minimum absolute atomic E-state index is 0.213. The van der Waals surface area contributed by atoms with Gasteiger partial charge in [-0.15, -0.1) is 0 Å². The topological polar surface area (TPSA) is 114 Å². The summed E-state index contributed by atoms with van der Waals surface area (Å²) in [6, 6.07) is 0. The molecule has 9 heteroatoms. The lowest BCUT2D eigenvalue weighted by molar-refractivity contribution is -0.229. The first-order valence-corrected chi connectivity index (χ1v) is 6.47. The molecule has 4 atom stereocenters. The Morgan fingerprint density at radius 2 is 1.36 bits per heavy atom. The highest BCUT2D eigenvalue weighted by molar-refractivity contribution is 5.77. The molecule has 0 spiro atoms. The van der Waals surface area contributed by atoms with Crippen LogP contribution in [0.4, 0.5) is 0 Å². The third-order valence-corrected chi connectivity index (χ3v) is 2.78. The Hall–Kier alpha value is -2.16. The van der Waals surface area contributed by atoms with Crippen LogP contribution in [0.25, 0.3) is 0 Å². The first-order valence-electron chi connectivity index (χ1n) is 6.47. The van der Waals surface area contributed by atoms with Crippen molar-refractivity contribution in [1.82, 2.24) is 0 Å². The molecule has 0 aromatic rings. The fourth-order valence-corrected chi connectivity index (χ4v) is 2.06. The van der Waals surface area contributed by atoms with Gasteiger partial charge in [-0.25, -0.2) is 4.79 Å². The summed E-state index contributed by atoms with van der Waals surface area (Å²) in [5.74, 6) is -2.85. The molecule has 1 aliphatic heterocycles. The number of methoxy groups -OCH3 is 1. The molecule has 9 nitrogen and oxygen atoms in total. The summed E-state index contributed by atoms with van der Waals surface area (Å²) in [4.78, 5) is 45.4. The van der Waals surface area contributed by atoms with E-state index < -0.39 is 48.3 Å². The zero-order chi connectivity index (χ0) is 16.9. The molecule has 124 valence electrons. The lowest BCUT2D eigenvalue weighted by Gasteiger charge is -2.39. The largest absolute Gasteiger partial charge is 0.467 e. The molecule has 1 heterocycles. The van der Waals surface area contributed by atoms with Crippen LogP contribution in [0.1, 0.15) is 20.8 Å². The molecule has 0 aromatic heterocycles. The molecule has 0 unspecified atom stereocenters. The van der Waals surface area contributed by atoms with E-state index in [4.69, 9.17) is 18.9 Å². The number of carbonyl (C=O) groups is 4. The van der Waals surface area contributed by atoms with Gasteiger partial charge in [0.2, 0.25) is 0 Å². The van der Waals surface area contributed by atoms with Crippen LogP contribution in [0, 0.1) is 0 Å². The van der Waals surface area contributed by atoms with Gasteiger partial charge >= 0.3 is 23.9 Å². The van der Waals surface area contributed by atoms with Crippen LogP contribution in [0.3, 0.4) is 0 Å². The van der Waals surface area contributed by atoms with E-state index in [2.05, 4.69) is 4.74 Å². The zero-order valence-electron chi connectivity index (χ0n) is 12.7. The summed E-state index contributed by atoms with van der Waals surface area (Å²) >= 11 is 0. The highest BCUT2D eigenvalue weighted by atomic mass is 16.7. The summed E-state index contributed by atoms with van der Waals surface area (Å²) < 4.78 is 24.9. The summed E-state index contributed by atoms with van der Waals surface area (Å²) in [6.45, 7) is 3.21.